The number of pyridine rings is 1. The van der Waals surface area contributed by atoms with E-state index < -0.39 is 5.82 Å². The minimum atomic E-state index is -0.469. The minimum absolute atomic E-state index is 0.0885. The number of unbranched alkanes of at least 4 members (excludes halogenated alkanes) is 2. The van der Waals surface area contributed by atoms with Gasteiger partial charge in [0, 0.05) is 25.0 Å². The molecule has 0 saturated heterocycles. The van der Waals surface area contributed by atoms with Gasteiger partial charge in [-0.25, -0.2) is 4.39 Å². The van der Waals surface area contributed by atoms with Crippen molar-refractivity contribution in [1.82, 2.24) is 4.98 Å². The van der Waals surface area contributed by atoms with Gasteiger partial charge in [0.15, 0.2) is 17.3 Å². The fourth-order valence-electron chi connectivity index (χ4n) is 2.33. The smallest absolute Gasteiger partial charge is 0.173 e. The van der Waals surface area contributed by atoms with Crippen LogP contribution in [0.4, 0.5) is 4.39 Å². The molecule has 176 valence electrons. The number of benzene rings is 1. The normalized spacial score (nSPS) is 11.3. The maximum Gasteiger partial charge on any atom is 0.173 e. The number of ether oxygens (including phenoxy) is 1. The molecule has 0 aliphatic rings. The van der Waals surface area contributed by atoms with Gasteiger partial charge in [-0.3, -0.25) is 14.8 Å². The average Bonchev–Trinajstić information content (AvgIpc) is 2.76. The molecule has 4 nitrogen and oxygen atoms in total. The predicted molar refractivity (Wildman–Crippen MR) is 134 cm³/mol. The van der Waals surface area contributed by atoms with Crippen molar-refractivity contribution in [3.63, 3.8) is 0 Å². The standard InChI is InChI=1S/C19H19FN2O2.C5H12.C3H8/c1-12(13(2)22-14(3)15(4)23)16-5-6-19(18(20)11-16)24-17-7-9-21-10-8-17;1-3-5-4-2;1-3-2/h5-11H,1-4H3;3-5H2,1-2H3;3H2,1-2H3/b13-12+,22-14?;;. The lowest BCUT2D eigenvalue weighted by Crippen LogP contribution is -2.04. The topological polar surface area (TPSA) is 51.5 Å². The Balaban J connectivity index is 0.00000104. The van der Waals surface area contributed by atoms with Gasteiger partial charge in [-0.05, 0) is 56.2 Å². The summed E-state index contributed by atoms with van der Waals surface area (Å²) in [6.07, 6.45) is 8.48. The van der Waals surface area contributed by atoms with E-state index in [0.717, 1.165) is 5.57 Å². The molecule has 0 bridgehead atoms. The SMILES string of the molecule is CC(=O)C(C)=N/C(C)=C(\C)c1ccc(Oc2ccncc2)c(F)c1.CCC.CCCCC. The van der Waals surface area contributed by atoms with E-state index in [-0.39, 0.29) is 11.5 Å². The second-order valence-electron chi connectivity index (χ2n) is 7.45. The molecule has 1 aromatic heterocycles. The summed E-state index contributed by atoms with van der Waals surface area (Å²) >= 11 is 0. The molecule has 0 fully saturated rings. The number of hydrogen-bond acceptors (Lipinski definition) is 4. The zero-order valence-corrected chi connectivity index (χ0v) is 21.0. The highest BCUT2D eigenvalue weighted by Gasteiger charge is 2.09. The summed E-state index contributed by atoms with van der Waals surface area (Å²) in [4.78, 5) is 19.4. The van der Waals surface area contributed by atoms with Gasteiger partial charge in [0.1, 0.15) is 5.75 Å². The summed E-state index contributed by atoms with van der Waals surface area (Å²) in [5.41, 5.74) is 2.58. The molecule has 5 heteroatoms. The first-order chi connectivity index (χ1) is 15.2. The third-order valence-corrected chi connectivity index (χ3v) is 4.34. The molecule has 2 aromatic rings. The fraction of sp³-hybridized carbons (Fsp3) is 0.444. The lowest BCUT2D eigenvalue weighted by molar-refractivity contribution is -0.111. The van der Waals surface area contributed by atoms with E-state index in [1.807, 2.05) is 6.92 Å². The highest BCUT2D eigenvalue weighted by Crippen LogP contribution is 2.28. The Morgan fingerprint density at radius 1 is 0.969 bits per heavy atom. The van der Waals surface area contributed by atoms with E-state index in [2.05, 4.69) is 37.7 Å². The van der Waals surface area contributed by atoms with Crippen molar-refractivity contribution in [3.8, 4) is 11.5 Å². The van der Waals surface area contributed by atoms with Gasteiger partial charge in [0.2, 0.25) is 0 Å². The van der Waals surface area contributed by atoms with Gasteiger partial charge in [0.25, 0.3) is 0 Å². The molecular weight excluding hydrogens is 403 g/mol. The molecule has 0 amide bonds. The van der Waals surface area contributed by atoms with Crippen molar-refractivity contribution < 1.29 is 13.9 Å². The van der Waals surface area contributed by atoms with Crippen LogP contribution in [0.5, 0.6) is 11.5 Å². The minimum Gasteiger partial charge on any atom is -0.454 e. The first-order valence-corrected chi connectivity index (χ1v) is 11.3. The highest BCUT2D eigenvalue weighted by molar-refractivity contribution is 6.38. The lowest BCUT2D eigenvalue weighted by atomic mass is 10.1. The zero-order chi connectivity index (χ0) is 24.5. The number of Topliss-reactive ketones (excluding diaryl/α,β-unsaturated/α-hetero) is 1. The van der Waals surface area contributed by atoms with Crippen LogP contribution in [0, 0.1) is 5.82 Å². The number of allylic oxidation sites excluding steroid dienone is 2. The third kappa shape index (κ3) is 11.5. The van der Waals surface area contributed by atoms with Crippen molar-refractivity contribution >= 4 is 17.1 Å². The molecule has 0 spiro atoms. The van der Waals surface area contributed by atoms with Crippen LogP contribution in [-0.4, -0.2) is 16.5 Å². The Bertz CT molecular complexity index is 872. The van der Waals surface area contributed by atoms with Crippen molar-refractivity contribution in [1.29, 1.82) is 0 Å². The molecule has 0 radical (unpaired) electrons. The molecule has 1 heterocycles. The second-order valence-corrected chi connectivity index (χ2v) is 7.45. The number of ketones is 1. The third-order valence-electron chi connectivity index (χ3n) is 4.34. The van der Waals surface area contributed by atoms with Gasteiger partial charge in [-0.2, -0.15) is 0 Å². The summed E-state index contributed by atoms with van der Waals surface area (Å²) < 4.78 is 19.8. The van der Waals surface area contributed by atoms with E-state index in [9.17, 15) is 9.18 Å². The van der Waals surface area contributed by atoms with Crippen molar-refractivity contribution in [2.24, 2.45) is 4.99 Å². The zero-order valence-electron chi connectivity index (χ0n) is 21.0. The number of hydrogen-bond donors (Lipinski definition) is 0. The van der Waals surface area contributed by atoms with Crippen LogP contribution < -0.4 is 4.74 Å². The van der Waals surface area contributed by atoms with Gasteiger partial charge in [0.05, 0.1) is 5.71 Å². The quantitative estimate of drug-likeness (QED) is 0.404. The maximum absolute atomic E-state index is 14.3. The second kappa shape index (κ2) is 16.8. The van der Waals surface area contributed by atoms with Gasteiger partial charge in [-0.15, -0.1) is 0 Å². The summed E-state index contributed by atoms with van der Waals surface area (Å²) in [6.45, 7) is 15.4. The van der Waals surface area contributed by atoms with Gasteiger partial charge in [-0.1, -0.05) is 59.4 Å². The molecule has 0 aliphatic carbocycles. The molecule has 0 saturated carbocycles. The molecule has 1 aromatic carbocycles. The van der Waals surface area contributed by atoms with Crippen molar-refractivity contribution in [2.75, 3.05) is 0 Å². The van der Waals surface area contributed by atoms with Crippen molar-refractivity contribution in [3.05, 3.63) is 59.8 Å². The van der Waals surface area contributed by atoms with Crippen LogP contribution in [0.2, 0.25) is 0 Å². The number of rotatable bonds is 7. The van der Waals surface area contributed by atoms with Gasteiger partial charge >= 0.3 is 0 Å². The largest absolute Gasteiger partial charge is 0.454 e. The first kappa shape index (κ1) is 29.2. The Morgan fingerprint density at radius 3 is 1.97 bits per heavy atom. The van der Waals surface area contributed by atoms with Crippen LogP contribution in [0.15, 0.2) is 53.4 Å². The number of aromatic nitrogens is 1. The average molecular weight is 443 g/mol. The highest BCUT2D eigenvalue weighted by atomic mass is 19.1. The first-order valence-electron chi connectivity index (χ1n) is 11.3. The molecule has 0 aliphatic heterocycles. The molecule has 0 N–H and O–H groups in total. The van der Waals surface area contributed by atoms with Crippen LogP contribution in [0.3, 0.4) is 0 Å². The van der Waals surface area contributed by atoms with Crippen molar-refractivity contribution in [2.45, 2.75) is 81.1 Å². The van der Waals surface area contributed by atoms with E-state index in [4.69, 9.17) is 4.74 Å². The van der Waals surface area contributed by atoms with E-state index in [0.29, 0.717) is 22.7 Å². The number of nitrogens with zero attached hydrogens (tertiary/aromatic N) is 2. The molecular formula is C27H39FN2O2. The Hall–Kier alpha value is -2.82. The van der Waals surface area contributed by atoms with Gasteiger partial charge < -0.3 is 4.74 Å². The Kier molecular flexibility index (Phi) is 15.3. The summed E-state index contributed by atoms with van der Waals surface area (Å²) in [5.74, 6) is 0.0961. The summed E-state index contributed by atoms with van der Waals surface area (Å²) in [7, 11) is 0. The Morgan fingerprint density at radius 2 is 1.53 bits per heavy atom. The molecule has 32 heavy (non-hydrogen) atoms. The van der Waals surface area contributed by atoms with E-state index >= 15 is 0 Å². The maximum atomic E-state index is 14.3. The fourth-order valence-corrected chi connectivity index (χ4v) is 2.33. The van der Waals surface area contributed by atoms with E-state index in [1.165, 1.54) is 38.7 Å². The monoisotopic (exact) mass is 442 g/mol. The molecule has 2 rings (SSSR count). The van der Waals surface area contributed by atoms with Crippen LogP contribution in [0.1, 0.15) is 86.6 Å². The molecule has 0 atom stereocenters. The number of carbonyl (C=O) groups excluding carboxylic acids is 1. The number of aliphatic imine (C=N–C) groups is 1. The van der Waals surface area contributed by atoms with Crippen LogP contribution in [0.25, 0.3) is 5.57 Å². The van der Waals surface area contributed by atoms with Crippen LogP contribution in [-0.2, 0) is 4.79 Å². The van der Waals surface area contributed by atoms with Crippen LogP contribution >= 0.6 is 0 Å². The predicted octanol–water partition coefficient (Wildman–Crippen LogP) is 8.43. The Labute approximate surface area is 193 Å². The molecule has 0 unspecified atom stereocenters. The summed E-state index contributed by atoms with van der Waals surface area (Å²) in [5, 5.41) is 0. The summed E-state index contributed by atoms with van der Waals surface area (Å²) in [6, 6.07) is 8.04. The lowest BCUT2D eigenvalue weighted by Gasteiger charge is -2.10. The number of halogens is 1. The number of carbonyl (C=O) groups is 1. The van der Waals surface area contributed by atoms with E-state index in [1.54, 1.807) is 50.5 Å².